The Balaban J connectivity index is 2.49. The van der Waals surface area contributed by atoms with Crippen LogP contribution in [-0.4, -0.2) is 11.1 Å². The van der Waals surface area contributed by atoms with Crippen molar-refractivity contribution in [3.8, 4) is 0 Å². The Kier molecular flexibility index (Phi) is 2.85. The van der Waals surface area contributed by atoms with Crippen molar-refractivity contribution in [3.63, 3.8) is 0 Å². The van der Waals surface area contributed by atoms with Crippen LogP contribution in [0.2, 0.25) is 0 Å². The van der Waals surface area contributed by atoms with Crippen molar-refractivity contribution >= 4 is 5.91 Å². The highest BCUT2D eigenvalue weighted by Gasteiger charge is 2.09. The van der Waals surface area contributed by atoms with Crippen LogP contribution in [0.1, 0.15) is 32.0 Å². The van der Waals surface area contributed by atoms with E-state index in [-0.39, 0.29) is 11.9 Å². The molecule has 1 unspecified atom stereocenters. The smallest absolute Gasteiger partial charge is 0.220 e. The number of hydrogen-bond donors (Lipinski definition) is 1. The number of nitrogens with zero attached hydrogens (tertiary/aromatic N) is 1. The Morgan fingerprint density at radius 3 is 3.08 bits per heavy atom. The Morgan fingerprint density at radius 2 is 2.58 bits per heavy atom. The highest BCUT2D eigenvalue weighted by atomic mass is 16.5. The number of nitrogens with one attached hydrogen (secondary N) is 1. The van der Waals surface area contributed by atoms with Gasteiger partial charge in [-0.25, -0.2) is 0 Å². The summed E-state index contributed by atoms with van der Waals surface area (Å²) in [5, 5.41) is 6.48. The molecule has 0 spiro atoms. The number of hydrogen-bond acceptors (Lipinski definition) is 3. The molecule has 0 aliphatic heterocycles. The first-order valence-corrected chi connectivity index (χ1v) is 3.93. The molecule has 0 aliphatic carbocycles. The monoisotopic (exact) mass is 168 g/mol. The predicted molar refractivity (Wildman–Crippen MR) is 43.4 cm³/mol. The number of rotatable bonds is 3. The summed E-state index contributed by atoms with van der Waals surface area (Å²) in [5.41, 5.74) is 0.747. The van der Waals surface area contributed by atoms with E-state index in [1.807, 2.05) is 13.8 Å². The topological polar surface area (TPSA) is 55.1 Å². The number of aromatic nitrogens is 1. The fourth-order valence-electron chi connectivity index (χ4n) is 0.863. The van der Waals surface area contributed by atoms with Crippen molar-refractivity contribution in [2.24, 2.45) is 0 Å². The molecule has 0 aromatic carbocycles. The van der Waals surface area contributed by atoms with E-state index in [0.717, 1.165) is 5.69 Å². The van der Waals surface area contributed by atoms with Gasteiger partial charge in [0, 0.05) is 12.5 Å². The van der Waals surface area contributed by atoms with Gasteiger partial charge in [0.1, 0.15) is 12.0 Å². The summed E-state index contributed by atoms with van der Waals surface area (Å²) in [6.07, 6.45) is 1.98. The van der Waals surface area contributed by atoms with Gasteiger partial charge >= 0.3 is 0 Å². The summed E-state index contributed by atoms with van der Waals surface area (Å²) >= 11 is 0. The van der Waals surface area contributed by atoms with Gasteiger partial charge in [-0.15, -0.1) is 0 Å². The summed E-state index contributed by atoms with van der Waals surface area (Å²) < 4.78 is 4.65. The maximum Gasteiger partial charge on any atom is 0.220 e. The van der Waals surface area contributed by atoms with Gasteiger partial charge in [-0.3, -0.25) is 4.79 Å². The molecular weight excluding hydrogens is 156 g/mol. The lowest BCUT2D eigenvalue weighted by molar-refractivity contribution is -0.121. The van der Waals surface area contributed by atoms with E-state index < -0.39 is 0 Å². The number of carbonyl (C=O) groups excluding carboxylic acids is 1. The molecule has 1 atom stereocenters. The molecule has 1 aromatic heterocycles. The average molecular weight is 168 g/mol. The molecule has 0 saturated carbocycles. The molecule has 0 fully saturated rings. The SMILES string of the molecule is CCC(=O)NC(C)c1ccon1. The minimum absolute atomic E-state index is 0.0190. The van der Waals surface area contributed by atoms with Crippen molar-refractivity contribution in [1.82, 2.24) is 10.5 Å². The van der Waals surface area contributed by atoms with Crippen molar-refractivity contribution < 1.29 is 9.32 Å². The van der Waals surface area contributed by atoms with Crippen molar-refractivity contribution in [1.29, 1.82) is 0 Å². The zero-order valence-electron chi connectivity index (χ0n) is 7.20. The third-order valence-electron chi connectivity index (χ3n) is 1.60. The number of amides is 1. The van der Waals surface area contributed by atoms with Crippen molar-refractivity contribution in [2.75, 3.05) is 0 Å². The average Bonchev–Trinajstić information content (AvgIpc) is 2.56. The largest absolute Gasteiger partial charge is 0.364 e. The van der Waals surface area contributed by atoms with E-state index in [0.29, 0.717) is 6.42 Å². The molecule has 0 radical (unpaired) electrons. The first kappa shape index (κ1) is 8.77. The first-order valence-electron chi connectivity index (χ1n) is 3.93. The van der Waals surface area contributed by atoms with Gasteiger partial charge in [0.15, 0.2) is 0 Å². The molecule has 12 heavy (non-hydrogen) atoms. The Morgan fingerprint density at radius 1 is 1.83 bits per heavy atom. The fraction of sp³-hybridized carbons (Fsp3) is 0.500. The molecule has 0 aliphatic rings. The van der Waals surface area contributed by atoms with Gasteiger partial charge in [-0.1, -0.05) is 12.1 Å². The van der Waals surface area contributed by atoms with Gasteiger partial charge in [0.25, 0.3) is 0 Å². The normalized spacial score (nSPS) is 12.5. The van der Waals surface area contributed by atoms with Crippen LogP contribution in [0.25, 0.3) is 0 Å². The lowest BCUT2D eigenvalue weighted by Crippen LogP contribution is -2.25. The summed E-state index contributed by atoms with van der Waals surface area (Å²) in [4.78, 5) is 10.9. The predicted octanol–water partition coefficient (Wildman–Crippen LogP) is 1.26. The second-order valence-electron chi connectivity index (χ2n) is 2.57. The molecule has 4 heteroatoms. The van der Waals surface area contributed by atoms with Gasteiger partial charge in [0.2, 0.25) is 5.91 Å². The van der Waals surface area contributed by atoms with Crippen LogP contribution in [0.4, 0.5) is 0 Å². The van der Waals surface area contributed by atoms with Crippen LogP contribution < -0.4 is 5.32 Å². The molecule has 1 aromatic rings. The van der Waals surface area contributed by atoms with E-state index >= 15 is 0 Å². The van der Waals surface area contributed by atoms with Crippen LogP contribution in [0.3, 0.4) is 0 Å². The van der Waals surface area contributed by atoms with Gasteiger partial charge in [-0.05, 0) is 6.92 Å². The standard InChI is InChI=1S/C8H12N2O2/c1-3-8(11)9-6(2)7-4-5-12-10-7/h4-6H,3H2,1-2H3,(H,9,11). The molecular formula is C8H12N2O2. The van der Waals surface area contributed by atoms with Crippen LogP contribution in [0.15, 0.2) is 16.9 Å². The van der Waals surface area contributed by atoms with E-state index in [1.165, 1.54) is 6.26 Å². The maximum absolute atomic E-state index is 10.9. The van der Waals surface area contributed by atoms with Crippen molar-refractivity contribution in [2.45, 2.75) is 26.3 Å². The minimum atomic E-state index is -0.0730. The molecule has 1 amide bonds. The molecule has 66 valence electrons. The molecule has 4 nitrogen and oxygen atoms in total. The third-order valence-corrected chi connectivity index (χ3v) is 1.60. The second-order valence-corrected chi connectivity index (χ2v) is 2.57. The first-order chi connectivity index (χ1) is 5.74. The summed E-state index contributed by atoms with van der Waals surface area (Å²) in [7, 11) is 0. The summed E-state index contributed by atoms with van der Waals surface area (Å²) in [6.45, 7) is 3.68. The third kappa shape index (κ3) is 2.08. The van der Waals surface area contributed by atoms with Crippen LogP contribution in [0, 0.1) is 0 Å². The van der Waals surface area contributed by atoms with E-state index in [1.54, 1.807) is 6.07 Å². The van der Waals surface area contributed by atoms with E-state index in [9.17, 15) is 4.79 Å². The Bertz CT molecular complexity index is 244. The Hall–Kier alpha value is -1.32. The fourth-order valence-corrected chi connectivity index (χ4v) is 0.863. The van der Waals surface area contributed by atoms with Gasteiger partial charge in [0.05, 0.1) is 6.04 Å². The highest BCUT2D eigenvalue weighted by Crippen LogP contribution is 2.08. The maximum atomic E-state index is 10.9. The second kappa shape index (κ2) is 3.90. The van der Waals surface area contributed by atoms with Crippen LogP contribution in [0.5, 0.6) is 0 Å². The number of carbonyl (C=O) groups is 1. The van der Waals surface area contributed by atoms with E-state index in [4.69, 9.17) is 0 Å². The quantitative estimate of drug-likeness (QED) is 0.739. The zero-order chi connectivity index (χ0) is 8.97. The lowest BCUT2D eigenvalue weighted by atomic mass is 10.2. The van der Waals surface area contributed by atoms with Gasteiger partial charge in [-0.2, -0.15) is 0 Å². The molecule has 0 bridgehead atoms. The van der Waals surface area contributed by atoms with Crippen molar-refractivity contribution in [3.05, 3.63) is 18.0 Å². The summed E-state index contributed by atoms with van der Waals surface area (Å²) in [6, 6.07) is 1.66. The van der Waals surface area contributed by atoms with Crippen LogP contribution >= 0.6 is 0 Å². The summed E-state index contributed by atoms with van der Waals surface area (Å²) in [5.74, 6) is 0.0190. The van der Waals surface area contributed by atoms with Crippen LogP contribution in [-0.2, 0) is 4.79 Å². The molecule has 0 saturated heterocycles. The van der Waals surface area contributed by atoms with Gasteiger partial charge < -0.3 is 9.84 Å². The zero-order valence-corrected chi connectivity index (χ0v) is 7.20. The molecule has 1 rings (SSSR count). The molecule has 1 N–H and O–H groups in total. The Labute approximate surface area is 70.9 Å². The lowest BCUT2D eigenvalue weighted by Gasteiger charge is -2.08. The van der Waals surface area contributed by atoms with E-state index in [2.05, 4.69) is 15.0 Å². The highest BCUT2D eigenvalue weighted by molar-refractivity contribution is 5.75. The molecule has 1 heterocycles. The minimum Gasteiger partial charge on any atom is -0.364 e.